The number of carbonyl (C=O) groups excluding carboxylic acids is 1. The van der Waals surface area contributed by atoms with E-state index in [1.54, 1.807) is 42.5 Å². The average Bonchev–Trinajstić information content (AvgIpc) is 2.77. The van der Waals surface area contributed by atoms with Crippen molar-refractivity contribution in [3.63, 3.8) is 0 Å². The Kier molecular flexibility index (Phi) is 5.95. The van der Waals surface area contributed by atoms with Gasteiger partial charge in [0.15, 0.2) is 0 Å². The van der Waals surface area contributed by atoms with Gasteiger partial charge in [-0.3, -0.25) is 4.79 Å². The number of halogens is 1. The van der Waals surface area contributed by atoms with Crippen molar-refractivity contribution in [1.82, 2.24) is 0 Å². The Morgan fingerprint density at radius 3 is 2.20 bits per heavy atom. The second kappa shape index (κ2) is 8.97. The summed E-state index contributed by atoms with van der Waals surface area (Å²) in [5.74, 6) is -0.510. The molecule has 3 aromatic rings. The van der Waals surface area contributed by atoms with Gasteiger partial charge in [0.2, 0.25) is 0 Å². The summed E-state index contributed by atoms with van der Waals surface area (Å²) in [6, 6.07) is 21.1. The second-order valence-corrected chi connectivity index (χ2v) is 7.40. The molecule has 0 saturated carbocycles. The predicted octanol–water partition coefficient (Wildman–Crippen LogP) is 4.78. The largest absolute Gasteiger partial charge is 0.393 e. The molecule has 3 aromatic carbocycles. The maximum Gasteiger partial charge on any atom is 0.255 e. The SMILES string of the molecule is O=C(Nc1ccc(Nc2ccccc2F)cc1)c1ccc(N2CCC(O)CC2)cc1. The number of nitrogens with zero attached hydrogens (tertiary/aromatic N) is 1. The van der Waals surface area contributed by atoms with Crippen LogP contribution in [0.3, 0.4) is 0 Å². The number of anilines is 4. The molecule has 1 saturated heterocycles. The average molecular weight is 405 g/mol. The van der Waals surface area contributed by atoms with Gasteiger partial charge >= 0.3 is 0 Å². The molecule has 0 radical (unpaired) electrons. The van der Waals surface area contributed by atoms with Crippen molar-refractivity contribution in [1.29, 1.82) is 0 Å². The molecular weight excluding hydrogens is 381 g/mol. The van der Waals surface area contributed by atoms with Gasteiger partial charge in [-0.1, -0.05) is 12.1 Å². The summed E-state index contributed by atoms with van der Waals surface area (Å²) in [6.07, 6.45) is 1.33. The van der Waals surface area contributed by atoms with Crippen LogP contribution in [0.4, 0.5) is 27.1 Å². The van der Waals surface area contributed by atoms with E-state index in [-0.39, 0.29) is 17.8 Å². The first-order valence-corrected chi connectivity index (χ1v) is 10.0. The smallest absolute Gasteiger partial charge is 0.255 e. The highest BCUT2D eigenvalue weighted by atomic mass is 19.1. The monoisotopic (exact) mass is 405 g/mol. The van der Waals surface area contributed by atoms with Crippen molar-refractivity contribution in [2.45, 2.75) is 18.9 Å². The fourth-order valence-electron chi connectivity index (χ4n) is 3.51. The lowest BCUT2D eigenvalue weighted by molar-refractivity contribution is 0.102. The number of amides is 1. The van der Waals surface area contributed by atoms with Crippen molar-refractivity contribution >= 4 is 28.7 Å². The van der Waals surface area contributed by atoms with Crippen LogP contribution in [0.1, 0.15) is 23.2 Å². The van der Waals surface area contributed by atoms with Crippen molar-refractivity contribution in [3.05, 3.63) is 84.2 Å². The fourth-order valence-corrected chi connectivity index (χ4v) is 3.51. The minimum absolute atomic E-state index is 0.189. The zero-order valence-corrected chi connectivity index (χ0v) is 16.5. The lowest BCUT2D eigenvalue weighted by Crippen LogP contribution is -2.35. The third-order valence-electron chi connectivity index (χ3n) is 5.25. The van der Waals surface area contributed by atoms with Gasteiger partial charge in [0, 0.05) is 35.7 Å². The Labute approximate surface area is 175 Å². The molecule has 0 bridgehead atoms. The number of piperidine rings is 1. The zero-order valence-electron chi connectivity index (χ0n) is 16.5. The highest BCUT2D eigenvalue weighted by molar-refractivity contribution is 6.04. The number of aliphatic hydroxyl groups excluding tert-OH is 1. The first kappa shape index (κ1) is 19.9. The van der Waals surface area contributed by atoms with Gasteiger partial charge in [0.1, 0.15) is 5.82 Å². The topological polar surface area (TPSA) is 64.6 Å². The Balaban J connectivity index is 1.36. The lowest BCUT2D eigenvalue weighted by Gasteiger charge is -2.31. The quantitative estimate of drug-likeness (QED) is 0.571. The molecule has 0 aliphatic carbocycles. The zero-order chi connectivity index (χ0) is 20.9. The van der Waals surface area contributed by atoms with Crippen LogP contribution >= 0.6 is 0 Å². The molecule has 154 valence electrons. The molecule has 1 aliphatic heterocycles. The molecule has 1 heterocycles. The van der Waals surface area contributed by atoms with Gasteiger partial charge in [-0.25, -0.2) is 4.39 Å². The second-order valence-electron chi connectivity index (χ2n) is 7.40. The number of benzene rings is 3. The summed E-state index contributed by atoms with van der Waals surface area (Å²) in [4.78, 5) is 14.8. The van der Waals surface area contributed by atoms with Gasteiger partial charge in [0.25, 0.3) is 5.91 Å². The van der Waals surface area contributed by atoms with E-state index in [4.69, 9.17) is 0 Å². The first-order chi connectivity index (χ1) is 14.6. The van der Waals surface area contributed by atoms with E-state index in [1.165, 1.54) is 6.07 Å². The molecule has 30 heavy (non-hydrogen) atoms. The van der Waals surface area contributed by atoms with Crippen molar-refractivity contribution in [3.8, 4) is 0 Å². The van der Waals surface area contributed by atoms with E-state index in [0.717, 1.165) is 37.3 Å². The first-order valence-electron chi connectivity index (χ1n) is 10.0. The Bertz CT molecular complexity index is 998. The van der Waals surface area contributed by atoms with E-state index in [0.29, 0.717) is 16.9 Å². The molecule has 0 unspecified atom stereocenters. The van der Waals surface area contributed by atoms with Crippen LogP contribution in [0.2, 0.25) is 0 Å². The summed E-state index contributed by atoms with van der Waals surface area (Å²) in [5.41, 5.74) is 3.42. The molecule has 0 atom stereocenters. The van der Waals surface area contributed by atoms with Crippen LogP contribution in [0.5, 0.6) is 0 Å². The predicted molar refractivity (Wildman–Crippen MR) is 118 cm³/mol. The Hall–Kier alpha value is -3.38. The number of carbonyl (C=O) groups is 1. The van der Waals surface area contributed by atoms with Crippen LogP contribution < -0.4 is 15.5 Å². The number of hydrogen-bond acceptors (Lipinski definition) is 4. The molecule has 3 N–H and O–H groups in total. The molecule has 1 amide bonds. The number of hydrogen-bond donors (Lipinski definition) is 3. The highest BCUT2D eigenvalue weighted by Crippen LogP contribution is 2.23. The molecule has 6 heteroatoms. The third-order valence-corrected chi connectivity index (χ3v) is 5.25. The summed E-state index contributed by atoms with van der Waals surface area (Å²) in [7, 11) is 0. The maximum atomic E-state index is 13.7. The van der Waals surface area contributed by atoms with E-state index in [2.05, 4.69) is 15.5 Å². The van der Waals surface area contributed by atoms with Crippen LogP contribution in [-0.2, 0) is 0 Å². The molecule has 0 aromatic heterocycles. The highest BCUT2D eigenvalue weighted by Gasteiger charge is 2.17. The molecule has 5 nitrogen and oxygen atoms in total. The summed E-state index contributed by atoms with van der Waals surface area (Å²) < 4.78 is 13.7. The minimum Gasteiger partial charge on any atom is -0.393 e. The van der Waals surface area contributed by atoms with E-state index >= 15 is 0 Å². The fraction of sp³-hybridized carbons (Fsp3) is 0.208. The van der Waals surface area contributed by atoms with Crippen LogP contribution in [-0.4, -0.2) is 30.2 Å². The molecule has 1 fully saturated rings. The lowest BCUT2D eigenvalue weighted by atomic mass is 10.1. The van der Waals surface area contributed by atoms with E-state index in [1.807, 2.05) is 24.3 Å². The van der Waals surface area contributed by atoms with Crippen LogP contribution in [0.25, 0.3) is 0 Å². The molecule has 1 aliphatic rings. The van der Waals surface area contributed by atoms with Crippen molar-refractivity contribution in [2.24, 2.45) is 0 Å². The van der Waals surface area contributed by atoms with Crippen molar-refractivity contribution in [2.75, 3.05) is 28.6 Å². The number of aliphatic hydroxyl groups is 1. The number of nitrogens with one attached hydrogen (secondary N) is 2. The summed E-state index contributed by atoms with van der Waals surface area (Å²) in [5, 5.41) is 15.5. The van der Waals surface area contributed by atoms with Gasteiger partial charge in [-0.05, 0) is 73.5 Å². The third kappa shape index (κ3) is 4.78. The molecule has 4 rings (SSSR count). The standard InChI is InChI=1S/C24H24FN3O2/c25-22-3-1-2-4-23(22)26-18-7-9-19(10-8-18)27-24(30)17-5-11-20(12-6-17)28-15-13-21(29)14-16-28/h1-12,21,26,29H,13-16H2,(H,27,30). The van der Waals surface area contributed by atoms with Crippen LogP contribution in [0.15, 0.2) is 72.8 Å². The summed E-state index contributed by atoms with van der Waals surface area (Å²) in [6.45, 7) is 1.64. The molecule has 0 spiro atoms. The Morgan fingerprint density at radius 1 is 0.900 bits per heavy atom. The number of rotatable bonds is 5. The normalized spacial score (nSPS) is 14.4. The van der Waals surface area contributed by atoms with Crippen LogP contribution in [0, 0.1) is 5.82 Å². The van der Waals surface area contributed by atoms with E-state index in [9.17, 15) is 14.3 Å². The van der Waals surface area contributed by atoms with Gasteiger partial charge in [0.05, 0.1) is 11.8 Å². The van der Waals surface area contributed by atoms with Gasteiger partial charge in [-0.2, -0.15) is 0 Å². The van der Waals surface area contributed by atoms with Gasteiger partial charge in [-0.15, -0.1) is 0 Å². The Morgan fingerprint density at radius 2 is 1.53 bits per heavy atom. The number of para-hydroxylation sites is 1. The van der Waals surface area contributed by atoms with Crippen molar-refractivity contribution < 1.29 is 14.3 Å². The van der Waals surface area contributed by atoms with E-state index < -0.39 is 0 Å². The summed E-state index contributed by atoms with van der Waals surface area (Å²) >= 11 is 0. The maximum absolute atomic E-state index is 13.7. The minimum atomic E-state index is -0.320. The molecular formula is C24H24FN3O2. The van der Waals surface area contributed by atoms with Gasteiger partial charge < -0.3 is 20.6 Å².